The van der Waals surface area contributed by atoms with Crippen LogP contribution in [0.4, 0.5) is 0 Å². The third kappa shape index (κ3) is 4.20. The molecule has 3 heterocycles. The van der Waals surface area contributed by atoms with Gasteiger partial charge in [0.25, 0.3) is 5.56 Å². The van der Waals surface area contributed by atoms with E-state index in [4.69, 9.17) is 16.3 Å². The van der Waals surface area contributed by atoms with E-state index < -0.39 is 11.6 Å². The van der Waals surface area contributed by atoms with Crippen LogP contribution in [0.3, 0.4) is 0 Å². The molecular formula is C21H19ClN4O3S. The second-order valence-corrected chi connectivity index (χ2v) is 9.18. The van der Waals surface area contributed by atoms with Crippen molar-refractivity contribution in [2.45, 2.75) is 39.3 Å². The molecule has 0 fully saturated rings. The summed E-state index contributed by atoms with van der Waals surface area (Å²) in [4.78, 5) is 33.8. The van der Waals surface area contributed by atoms with E-state index in [1.54, 1.807) is 32.1 Å². The van der Waals surface area contributed by atoms with E-state index in [0.29, 0.717) is 16.2 Å². The third-order valence-corrected chi connectivity index (χ3v) is 5.57. The van der Waals surface area contributed by atoms with Crippen LogP contribution < -0.4 is 5.56 Å². The Balaban J connectivity index is 1.78. The molecule has 0 saturated carbocycles. The summed E-state index contributed by atoms with van der Waals surface area (Å²) in [7, 11) is 0. The van der Waals surface area contributed by atoms with Crippen LogP contribution in [-0.2, 0) is 22.5 Å². The molecule has 0 spiro atoms. The van der Waals surface area contributed by atoms with E-state index in [0.717, 1.165) is 15.6 Å². The highest BCUT2D eigenvalue weighted by Crippen LogP contribution is 2.29. The molecule has 4 aromatic rings. The Morgan fingerprint density at radius 1 is 1.20 bits per heavy atom. The van der Waals surface area contributed by atoms with Gasteiger partial charge in [0.05, 0.1) is 13.0 Å². The van der Waals surface area contributed by atoms with Crippen LogP contribution in [0.15, 0.2) is 40.8 Å². The van der Waals surface area contributed by atoms with Crippen LogP contribution in [0.1, 0.15) is 32.0 Å². The Kier molecular flexibility index (Phi) is 5.29. The maximum Gasteiger partial charge on any atom is 0.312 e. The first-order chi connectivity index (χ1) is 14.2. The number of halogens is 1. The summed E-state index contributed by atoms with van der Waals surface area (Å²) in [5.74, 6) is -0.445. The molecule has 3 aromatic heterocycles. The quantitative estimate of drug-likeness (QED) is 0.444. The number of ether oxygens (including phenoxy) is 1. The van der Waals surface area contributed by atoms with Crippen molar-refractivity contribution in [1.29, 1.82) is 0 Å². The molecule has 0 bridgehead atoms. The first kappa shape index (κ1) is 20.4. The first-order valence-electron chi connectivity index (χ1n) is 9.29. The average molecular weight is 443 g/mol. The molecule has 0 aliphatic heterocycles. The Bertz CT molecular complexity index is 1320. The van der Waals surface area contributed by atoms with Crippen LogP contribution in [0.2, 0.25) is 5.02 Å². The number of benzene rings is 1. The van der Waals surface area contributed by atoms with Crippen molar-refractivity contribution in [2.24, 2.45) is 0 Å². The number of nitrogens with zero attached hydrogens (tertiary/aromatic N) is 4. The normalized spacial score (nSPS) is 11.9. The standard InChI is InChI=1S/C21H19ClN4O3S/c1-21(2,3)29-17(27)9-15-18-19(24-7-6-23-18)20(28)26(25-15)10-12-11-30-16-5-4-13(22)8-14(12)16/h4-8,11H,9-10H2,1-3H3. The molecule has 0 saturated heterocycles. The van der Waals surface area contributed by atoms with E-state index >= 15 is 0 Å². The summed E-state index contributed by atoms with van der Waals surface area (Å²) in [6, 6.07) is 5.65. The predicted octanol–water partition coefficient (Wildman–Crippen LogP) is 3.99. The van der Waals surface area contributed by atoms with Gasteiger partial charge in [-0.15, -0.1) is 11.3 Å². The second-order valence-electron chi connectivity index (χ2n) is 7.83. The largest absolute Gasteiger partial charge is 0.460 e. The van der Waals surface area contributed by atoms with E-state index in [1.807, 2.05) is 23.6 Å². The maximum atomic E-state index is 13.0. The Morgan fingerprint density at radius 2 is 1.93 bits per heavy atom. The van der Waals surface area contributed by atoms with Crippen LogP contribution in [0.5, 0.6) is 0 Å². The number of carbonyl (C=O) groups is 1. The number of hydrogen-bond acceptors (Lipinski definition) is 7. The molecule has 0 radical (unpaired) electrons. The Labute approximate surface area is 181 Å². The van der Waals surface area contributed by atoms with Gasteiger partial charge in [-0.05, 0) is 55.3 Å². The molecule has 0 aliphatic rings. The fourth-order valence-electron chi connectivity index (χ4n) is 3.14. The Hall–Kier alpha value is -2.84. The fraction of sp³-hybridized carbons (Fsp3) is 0.286. The molecule has 4 rings (SSSR count). The van der Waals surface area contributed by atoms with Gasteiger partial charge in [-0.2, -0.15) is 5.10 Å². The molecule has 0 aliphatic carbocycles. The first-order valence-corrected chi connectivity index (χ1v) is 10.6. The Morgan fingerprint density at radius 3 is 2.67 bits per heavy atom. The van der Waals surface area contributed by atoms with Gasteiger partial charge in [0, 0.05) is 22.1 Å². The lowest BCUT2D eigenvalue weighted by Crippen LogP contribution is -2.29. The van der Waals surface area contributed by atoms with Crippen molar-refractivity contribution < 1.29 is 9.53 Å². The van der Waals surface area contributed by atoms with E-state index in [1.165, 1.54) is 17.1 Å². The predicted molar refractivity (Wildman–Crippen MR) is 117 cm³/mol. The number of carbonyl (C=O) groups excluding carboxylic acids is 1. The van der Waals surface area contributed by atoms with Crippen molar-refractivity contribution in [2.75, 3.05) is 0 Å². The zero-order valence-electron chi connectivity index (χ0n) is 16.7. The van der Waals surface area contributed by atoms with Crippen molar-refractivity contribution in [3.05, 3.63) is 62.6 Å². The summed E-state index contributed by atoms with van der Waals surface area (Å²) in [5.41, 5.74) is 0.754. The lowest BCUT2D eigenvalue weighted by atomic mass is 10.1. The monoisotopic (exact) mass is 442 g/mol. The lowest BCUT2D eigenvalue weighted by Gasteiger charge is -2.19. The number of rotatable bonds is 4. The molecule has 154 valence electrons. The van der Waals surface area contributed by atoms with E-state index in [2.05, 4.69) is 15.1 Å². The van der Waals surface area contributed by atoms with Crippen LogP contribution in [0, 0.1) is 0 Å². The van der Waals surface area contributed by atoms with Gasteiger partial charge in [0.2, 0.25) is 0 Å². The molecule has 0 atom stereocenters. The maximum absolute atomic E-state index is 13.0. The van der Waals surface area contributed by atoms with Gasteiger partial charge in [-0.3, -0.25) is 14.6 Å². The van der Waals surface area contributed by atoms with E-state index in [9.17, 15) is 9.59 Å². The molecule has 0 amide bonds. The second kappa shape index (κ2) is 7.77. The minimum Gasteiger partial charge on any atom is -0.460 e. The zero-order valence-corrected chi connectivity index (χ0v) is 18.3. The fourth-order valence-corrected chi connectivity index (χ4v) is 4.25. The molecule has 30 heavy (non-hydrogen) atoms. The molecule has 9 heteroatoms. The van der Waals surface area contributed by atoms with Crippen molar-refractivity contribution in [1.82, 2.24) is 19.7 Å². The smallest absolute Gasteiger partial charge is 0.312 e. The van der Waals surface area contributed by atoms with Crippen LogP contribution in [0.25, 0.3) is 21.1 Å². The van der Waals surface area contributed by atoms with Crippen LogP contribution in [-0.4, -0.2) is 31.3 Å². The third-order valence-electron chi connectivity index (χ3n) is 4.32. The van der Waals surface area contributed by atoms with Gasteiger partial charge in [-0.25, -0.2) is 9.67 Å². The SMILES string of the molecule is CC(C)(C)OC(=O)Cc1nn(Cc2csc3ccc(Cl)cc23)c(=O)c2nccnc12. The highest BCUT2D eigenvalue weighted by atomic mass is 35.5. The highest BCUT2D eigenvalue weighted by molar-refractivity contribution is 7.17. The molecule has 0 unspecified atom stereocenters. The summed E-state index contributed by atoms with van der Waals surface area (Å²) in [5, 5.41) is 8.01. The van der Waals surface area contributed by atoms with Crippen molar-refractivity contribution in [3.63, 3.8) is 0 Å². The molecule has 1 aromatic carbocycles. The summed E-state index contributed by atoms with van der Waals surface area (Å²) < 4.78 is 7.80. The topological polar surface area (TPSA) is 87.0 Å². The van der Waals surface area contributed by atoms with Crippen molar-refractivity contribution in [3.8, 4) is 0 Å². The number of aromatic nitrogens is 4. The number of thiophene rings is 1. The van der Waals surface area contributed by atoms with Gasteiger partial charge in [0.15, 0.2) is 5.52 Å². The highest BCUT2D eigenvalue weighted by Gasteiger charge is 2.21. The molecular weight excluding hydrogens is 424 g/mol. The minimum absolute atomic E-state index is 0.108. The summed E-state index contributed by atoms with van der Waals surface area (Å²) in [6.07, 6.45) is 2.81. The van der Waals surface area contributed by atoms with Gasteiger partial charge < -0.3 is 4.74 Å². The molecule has 0 N–H and O–H groups in total. The van der Waals surface area contributed by atoms with Crippen molar-refractivity contribution >= 4 is 50.0 Å². The van der Waals surface area contributed by atoms with Gasteiger partial charge >= 0.3 is 5.97 Å². The number of esters is 1. The summed E-state index contributed by atoms with van der Waals surface area (Å²) in [6.45, 7) is 5.62. The van der Waals surface area contributed by atoms with E-state index in [-0.39, 0.29) is 24.0 Å². The summed E-state index contributed by atoms with van der Waals surface area (Å²) >= 11 is 7.71. The zero-order chi connectivity index (χ0) is 21.5. The average Bonchev–Trinajstić information content (AvgIpc) is 3.06. The lowest BCUT2D eigenvalue weighted by molar-refractivity contribution is -0.153. The molecule has 7 nitrogen and oxygen atoms in total. The number of fused-ring (bicyclic) bond motifs is 2. The van der Waals surface area contributed by atoms with Gasteiger partial charge in [-0.1, -0.05) is 11.6 Å². The van der Waals surface area contributed by atoms with Crippen LogP contribution >= 0.6 is 22.9 Å². The number of hydrogen-bond donors (Lipinski definition) is 0. The van der Waals surface area contributed by atoms with Gasteiger partial charge in [0.1, 0.15) is 16.8 Å². The minimum atomic E-state index is -0.623.